The van der Waals surface area contributed by atoms with E-state index in [1.165, 1.54) is 31.1 Å². The van der Waals surface area contributed by atoms with E-state index in [1.807, 2.05) is 0 Å². The minimum Gasteiger partial charge on any atom is -0.462 e. The van der Waals surface area contributed by atoms with E-state index in [9.17, 15) is 19.7 Å². The molecule has 0 aliphatic rings. The van der Waals surface area contributed by atoms with E-state index in [0.29, 0.717) is 0 Å². The first-order valence-corrected chi connectivity index (χ1v) is 6.85. The molecular formula is C15H16N4O5. The fourth-order valence-electron chi connectivity index (χ4n) is 1.69. The molecule has 0 aromatic heterocycles. The molecule has 24 heavy (non-hydrogen) atoms. The normalized spacial score (nSPS) is 10.5. The molecule has 9 heteroatoms. The number of nitrogens with zero attached hydrogens (tertiary/aromatic N) is 3. The molecule has 0 saturated carbocycles. The summed E-state index contributed by atoms with van der Waals surface area (Å²) >= 11 is 0. The van der Waals surface area contributed by atoms with Crippen LogP contribution in [0, 0.1) is 21.4 Å². The van der Waals surface area contributed by atoms with Crippen LogP contribution in [0.3, 0.4) is 0 Å². The fourth-order valence-corrected chi connectivity index (χ4v) is 1.69. The van der Waals surface area contributed by atoms with E-state index >= 15 is 0 Å². The van der Waals surface area contributed by atoms with Crippen molar-refractivity contribution in [2.45, 2.75) is 6.92 Å². The number of ether oxygens (including phenoxy) is 1. The molecule has 0 fully saturated rings. The zero-order chi connectivity index (χ0) is 18.3. The number of nitriles is 1. The average Bonchev–Trinajstić information content (AvgIpc) is 2.54. The summed E-state index contributed by atoms with van der Waals surface area (Å²) in [6.07, 6.45) is 1.09. The molecule has 0 aliphatic carbocycles. The maximum Gasteiger partial charge on any atom is 0.350 e. The highest BCUT2D eigenvalue weighted by molar-refractivity contribution is 6.00. The van der Waals surface area contributed by atoms with Gasteiger partial charge in [-0.1, -0.05) is 0 Å². The van der Waals surface area contributed by atoms with Gasteiger partial charge in [-0.05, 0) is 13.0 Å². The molecule has 9 nitrogen and oxygen atoms in total. The zero-order valence-electron chi connectivity index (χ0n) is 13.4. The maximum atomic E-state index is 12.2. The Morgan fingerprint density at radius 2 is 2.12 bits per heavy atom. The van der Waals surface area contributed by atoms with Crippen molar-refractivity contribution in [3.8, 4) is 6.07 Å². The highest BCUT2D eigenvalue weighted by atomic mass is 16.6. The largest absolute Gasteiger partial charge is 0.462 e. The number of amides is 1. The molecule has 126 valence electrons. The number of nitrogens with one attached hydrogen (secondary N) is 1. The third-order valence-electron chi connectivity index (χ3n) is 2.84. The molecule has 0 spiro atoms. The maximum absolute atomic E-state index is 12.2. The molecule has 0 radical (unpaired) electrons. The van der Waals surface area contributed by atoms with Crippen molar-refractivity contribution < 1.29 is 19.2 Å². The van der Waals surface area contributed by atoms with E-state index in [0.717, 1.165) is 12.3 Å². The van der Waals surface area contributed by atoms with Crippen LogP contribution in [0.2, 0.25) is 0 Å². The standard InChI is InChI=1S/C15H16N4O5/c1-4-24-15(21)10(8-16)9-17-13-6-5-11(19(22)23)7-12(13)14(20)18(2)3/h5-7,9,17H,4H2,1-3H3/b10-9-. The SMILES string of the molecule is CCOC(=O)/C(C#N)=C\Nc1ccc([N+](=O)[O-])cc1C(=O)N(C)C. The van der Waals surface area contributed by atoms with Gasteiger partial charge in [0.1, 0.15) is 6.07 Å². The molecule has 1 aromatic carbocycles. The Labute approximate surface area is 138 Å². The Hall–Kier alpha value is -3.41. The van der Waals surface area contributed by atoms with Crippen molar-refractivity contribution in [1.82, 2.24) is 4.90 Å². The molecule has 0 bridgehead atoms. The van der Waals surface area contributed by atoms with E-state index in [2.05, 4.69) is 5.32 Å². The highest BCUT2D eigenvalue weighted by Crippen LogP contribution is 2.23. The lowest BCUT2D eigenvalue weighted by molar-refractivity contribution is -0.384. The quantitative estimate of drug-likeness (QED) is 0.276. The summed E-state index contributed by atoms with van der Waals surface area (Å²) in [6.45, 7) is 1.71. The lowest BCUT2D eigenvalue weighted by Crippen LogP contribution is -2.22. The Kier molecular flexibility index (Phi) is 6.43. The first-order valence-electron chi connectivity index (χ1n) is 6.85. The number of anilines is 1. The van der Waals surface area contributed by atoms with Gasteiger partial charge in [0, 0.05) is 32.4 Å². The average molecular weight is 332 g/mol. The van der Waals surface area contributed by atoms with Crippen LogP contribution in [0.1, 0.15) is 17.3 Å². The molecule has 1 amide bonds. The second-order valence-electron chi connectivity index (χ2n) is 4.72. The van der Waals surface area contributed by atoms with Crippen LogP contribution in [-0.4, -0.2) is 42.4 Å². The summed E-state index contributed by atoms with van der Waals surface area (Å²) in [5.41, 5.74) is -0.290. The Morgan fingerprint density at radius 3 is 2.62 bits per heavy atom. The number of nitro groups is 1. The van der Waals surface area contributed by atoms with Crippen LogP contribution in [0.15, 0.2) is 30.0 Å². The number of non-ortho nitro benzene ring substituents is 1. The summed E-state index contributed by atoms with van der Waals surface area (Å²) in [4.78, 5) is 35.2. The summed E-state index contributed by atoms with van der Waals surface area (Å²) in [5.74, 6) is -1.28. The smallest absolute Gasteiger partial charge is 0.350 e. The summed E-state index contributed by atoms with van der Waals surface area (Å²) in [6, 6.07) is 5.33. The monoisotopic (exact) mass is 332 g/mol. The van der Waals surface area contributed by atoms with Gasteiger partial charge in [0.15, 0.2) is 5.57 Å². The second-order valence-corrected chi connectivity index (χ2v) is 4.72. The molecule has 1 aromatic rings. The fraction of sp³-hybridized carbons (Fsp3) is 0.267. The van der Waals surface area contributed by atoms with Crippen LogP contribution in [0.25, 0.3) is 0 Å². The lowest BCUT2D eigenvalue weighted by Gasteiger charge is -2.14. The number of carbonyl (C=O) groups excluding carboxylic acids is 2. The highest BCUT2D eigenvalue weighted by Gasteiger charge is 2.18. The summed E-state index contributed by atoms with van der Waals surface area (Å²) in [7, 11) is 3.00. The van der Waals surface area contributed by atoms with Gasteiger partial charge in [-0.25, -0.2) is 4.79 Å². The van der Waals surface area contributed by atoms with Crippen LogP contribution >= 0.6 is 0 Å². The van der Waals surface area contributed by atoms with Crippen molar-refractivity contribution in [3.05, 3.63) is 45.6 Å². The van der Waals surface area contributed by atoms with Crippen molar-refractivity contribution in [2.24, 2.45) is 0 Å². The summed E-state index contributed by atoms with van der Waals surface area (Å²) in [5, 5.41) is 22.5. The van der Waals surface area contributed by atoms with E-state index in [1.54, 1.807) is 13.0 Å². The molecule has 1 rings (SSSR count). The topological polar surface area (TPSA) is 126 Å². The molecule has 0 aliphatic heterocycles. The molecule has 0 atom stereocenters. The number of nitro benzene ring substituents is 1. The molecule has 0 saturated heterocycles. The predicted octanol–water partition coefficient (Wildman–Crippen LogP) is 1.68. The van der Waals surface area contributed by atoms with Crippen LogP contribution in [0.5, 0.6) is 0 Å². The van der Waals surface area contributed by atoms with Gasteiger partial charge in [-0.15, -0.1) is 0 Å². The molecule has 1 N–H and O–H groups in total. The predicted molar refractivity (Wildman–Crippen MR) is 85.1 cm³/mol. The second kappa shape index (κ2) is 8.28. The van der Waals surface area contributed by atoms with E-state index in [-0.39, 0.29) is 29.1 Å². The van der Waals surface area contributed by atoms with E-state index in [4.69, 9.17) is 10.00 Å². The lowest BCUT2D eigenvalue weighted by atomic mass is 10.1. The van der Waals surface area contributed by atoms with Crippen molar-refractivity contribution in [2.75, 3.05) is 26.0 Å². The number of hydrogen-bond donors (Lipinski definition) is 1. The number of esters is 1. The van der Waals surface area contributed by atoms with Gasteiger partial charge in [0.25, 0.3) is 11.6 Å². The number of benzene rings is 1. The van der Waals surface area contributed by atoms with Gasteiger partial charge in [0.2, 0.25) is 0 Å². The minimum absolute atomic E-state index is 0.0339. The van der Waals surface area contributed by atoms with Gasteiger partial charge < -0.3 is 15.0 Å². The molecule has 0 heterocycles. The Bertz CT molecular complexity index is 734. The van der Waals surface area contributed by atoms with Crippen LogP contribution in [-0.2, 0) is 9.53 Å². The summed E-state index contributed by atoms with van der Waals surface area (Å²) < 4.78 is 4.72. The first-order chi connectivity index (χ1) is 11.3. The number of carbonyl (C=O) groups is 2. The van der Waals surface area contributed by atoms with Crippen LogP contribution in [0.4, 0.5) is 11.4 Å². The third-order valence-corrected chi connectivity index (χ3v) is 2.84. The third kappa shape index (κ3) is 4.54. The molecule has 0 unspecified atom stereocenters. The van der Waals surface area contributed by atoms with Gasteiger partial charge in [-0.3, -0.25) is 14.9 Å². The minimum atomic E-state index is -0.810. The first kappa shape index (κ1) is 18.6. The zero-order valence-corrected chi connectivity index (χ0v) is 13.4. The number of hydrogen-bond acceptors (Lipinski definition) is 7. The van der Waals surface area contributed by atoms with Crippen molar-refractivity contribution in [1.29, 1.82) is 5.26 Å². The van der Waals surface area contributed by atoms with Crippen LogP contribution < -0.4 is 5.32 Å². The number of rotatable bonds is 6. The van der Waals surface area contributed by atoms with Gasteiger partial charge >= 0.3 is 5.97 Å². The van der Waals surface area contributed by atoms with Crippen molar-refractivity contribution in [3.63, 3.8) is 0 Å². The molecular weight excluding hydrogens is 316 g/mol. The van der Waals surface area contributed by atoms with E-state index < -0.39 is 16.8 Å². The Balaban J connectivity index is 3.23. The van der Waals surface area contributed by atoms with Gasteiger partial charge in [-0.2, -0.15) is 5.26 Å². The van der Waals surface area contributed by atoms with Gasteiger partial charge in [0.05, 0.1) is 22.8 Å². The van der Waals surface area contributed by atoms with Crippen molar-refractivity contribution >= 4 is 23.3 Å². The Morgan fingerprint density at radius 1 is 1.46 bits per heavy atom.